The highest BCUT2D eigenvalue weighted by Crippen LogP contribution is 2.49. The normalized spacial score (nSPS) is 23.3. The summed E-state index contributed by atoms with van der Waals surface area (Å²) in [4.78, 5) is 14.2. The summed E-state index contributed by atoms with van der Waals surface area (Å²) in [6, 6.07) is 9.79. The number of piperidine rings is 1. The monoisotopic (exact) mass is 396 g/mol. The van der Waals surface area contributed by atoms with E-state index in [0.29, 0.717) is 39.0 Å². The molecule has 0 spiro atoms. The van der Waals surface area contributed by atoms with E-state index in [-0.39, 0.29) is 24.9 Å². The zero-order valence-electron chi connectivity index (χ0n) is 15.4. The Labute approximate surface area is 161 Å². The second kappa shape index (κ2) is 7.11. The van der Waals surface area contributed by atoms with Gasteiger partial charge in [0.1, 0.15) is 12.2 Å². The molecule has 1 amide bonds. The van der Waals surface area contributed by atoms with Crippen molar-refractivity contribution in [3.8, 4) is 0 Å². The summed E-state index contributed by atoms with van der Waals surface area (Å²) in [7, 11) is 0. The molecular formula is C19H23F3N4O2. The lowest BCUT2D eigenvalue weighted by molar-refractivity contribution is -0.169. The van der Waals surface area contributed by atoms with Crippen LogP contribution in [0.2, 0.25) is 0 Å². The van der Waals surface area contributed by atoms with Crippen LogP contribution in [0.15, 0.2) is 40.6 Å². The molecule has 0 bridgehead atoms. The molecule has 6 nitrogen and oxygen atoms in total. The van der Waals surface area contributed by atoms with Crippen LogP contribution in [0.1, 0.15) is 24.8 Å². The molecule has 1 aromatic carbocycles. The highest BCUT2D eigenvalue weighted by atomic mass is 19.4. The number of halogens is 3. The molecule has 152 valence electrons. The van der Waals surface area contributed by atoms with Gasteiger partial charge in [-0.1, -0.05) is 30.3 Å². The molecule has 0 radical (unpaired) electrons. The Hall–Kier alpha value is -2.00. The van der Waals surface area contributed by atoms with Gasteiger partial charge in [-0.05, 0) is 24.3 Å². The number of amides is 1. The van der Waals surface area contributed by atoms with E-state index in [4.69, 9.17) is 4.74 Å². The standard InChI is InChI=1S/C19H23F3N4O2/c20-19(21,22)18(24-25-18)10-14-6-8-26(9-7-14)16(27)11-28-17(12-23-13-17)15-4-2-1-3-5-15/h1-5,14,23H,6-13H2. The quantitative estimate of drug-likeness (QED) is 0.804. The van der Waals surface area contributed by atoms with Gasteiger partial charge in [0.2, 0.25) is 5.91 Å². The predicted molar refractivity (Wildman–Crippen MR) is 94.5 cm³/mol. The first-order valence-electron chi connectivity index (χ1n) is 9.52. The fourth-order valence-electron chi connectivity index (χ4n) is 3.93. The number of nitrogens with zero attached hydrogens (tertiary/aromatic N) is 3. The number of carbonyl (C=O) groups excluding carboxylic acids is 1. The van der Waals surface area contributed by atoms with E-state index in [1.807, 2.05) is 30.3 Å². The first-order chi connectivity index (χ1) is 13.3. The van der Waals surface area contributed by atoms with Crippen molar-refractivity contribution in [3.05, 3.63) is 35.9 Å². The maximum absolute atomic E-state index is 13.0. The molecule has 4 rings (SSSR count). The smallest absolute Gasteiger partial charge is 0.358 e. The van der Waals surface area contributed by atoms with Crippen molar-refractivity contribution in [1.29, 1.82) is 0 Å². The Kier molecular flexibility index (Phi) is 4.91. The molecule has 0 unspecified atom stereocenters. The van der Waals surface area contributed by atoms with E-state index in [9.17, 15) is 18.0 Å². The number of carbonyl (C=O) groups is 1. The second-order valence-electron chi connectivity index (χ2n) is 7.80. The lowest BCUT2D eigenvalue weighted by atomic mass is 9.87. The van der Waals surface area contributed by atoms with Crippen molar-refractivity contribution in [1.82, 2.24) is 10.2 Å². The Morgan fingerprint density at radius 1 is 1.18 bits per heavy atom. The Bertz CT molecular complexity index is 735. The Morgan fingerprint density at radius 3 is 2.32 bits per heavy atom. The second-order valence-corrected chi connectivity index (χ2v) is 7.80. The highest BCUT2D eigenvalue weighted by Gasteiger charge is 2.64. The number of likely N-dealkylation sites (tertiary alicyclic amines) is 1. The van der Waals surface area contributed by atoms with Crippen LogP contribution in [0.25, 0.3) is 0 Å². The van der Waals surface area contributed by atoms with E-state index in [1.165, 1.54) is 0 Å². The van der Waals surface area contributed by atoms with Crippen LogP contribution in [0, 0.1) is 5.92 Å². The zero-order chi connectivity index (χ0) is 19.8. The molecule has 3 aliphatic rings. The van der Waals surface area contributed by atoms with Gasteiger partial charge in [-0.3, -0.25) is 4.79 Å². The molecule has 0 aromatic heterocycles. The predicted octanol–water partition coefficient (Wildman–Crippen LogP) is 2.85. The van der Waals surface area contributed by atoms with Gasteiger partial charge in [0, 0.05) is 32.6 Å². The number of rotatable bonds is 6. The van der Waals surface area contributed by atoms with E-state index in [1.54, 1.807) is 4.90 Å². The molecule has 3 heterocycles. The van der Waals surface area contributed by atoms with Gasteiger partial charge in [0.05, 0.1) is 0 Å². The van der Waals surface area contributed by atoms with Crippen LogP contribution in [-0.4, -0.2) is 55.4 Å². The molecule has 1 N–H and O–H groups in total. The lowest BCUT2D eigenvalue weighted by Crippen LogP contribution is -2.59. The summed E-state index contributed by atoms with van der Waals surface area (Å²) in [5, 5.41) is 9.69. The van der Waals surface area contributed by atoms with Gasteiger partial charge in [0.25, 0.3) is 5.66 Å². The Balaban J connectivity index is 1.26. The van der Waals surface area contributed by atoms with Gasteiger partial charge in [-0.25, -0.2) is 0 Å². The van der Waals surface area contributed by atoms with E-state index in [0.717, 1.165) is 5.56 Å². The lowest BCUT2D eigenvalue weighted by Gasteiger charge is -2.43. The van der Waals surface area contributed by atoms with Crippen molar-refractivity contribution in [2.24, 2.45) is 16.1 Å². The molecule has 0 atom stereocenters. The minimum absolute atomic E-state index is 0.0294. The third kappa shape index (κ3) is 3.65. The van der Waals surface area contributed by atoms with Crippen LogP contribution >= 0.6 is 0 Å². The zero-order valence-corrected chi connectivity index (χ0v) is 15.4. The summed E-state index contributed by atoms with van der Waals surface area (Å²) >= 11 is 0. The van der Waals surface area contributed by atoms with E-state index < -0.39 is 17.4 Å². The van der Waals surface area contributed by atoms with Crippen LogP contribution in [0.5, 0.6) is 0 Å². The number of hydrogen-bond acceptors (Lipinski definition) is 5. The topological polar surface area (TPSA) is 66.3 Å². The number of nitrogens with one attached hydrogen (secondary N) is 1. The molecule has 0 aliphatic carbocycles. The summed E-state index contributed by atoms with van der Waals surface area (Å²) in [5.74, 6) is -0.250. The first kappa shape index (κ1) is 19.3. The number of ether oxygens (including phenoxy) is 1. The molecule has 2 saturated heterocycles. The summed E-state index contributed by atoms with van der Waals surface area (Å²) in [5.41, 5.74) is -1.63. The van der Waals surface area contributed by atoms with Gasteiger partial charge in [-0.2, -0.15) is 13.2 Å². The van der Waals surface area contributed by atoms with Crippen molar-refractivity contribution in [3.63, 3.8) is 0 Å². The molecule has 2 fully saturated rings. The van der Waals surface area contributed by atoms with Crippen molar-refractivity contribution < 1.29 is 22.7 Å². The highest BCUT2D eigenvalue weighted by molar-refractivity contribution is 5.77. The third-order valence-corrected chi connectivity index (χ3v) is 5.93. The molecule has 28 heavy (non-hydrogen) atoms. The first-order valence-corrected chi connectivity index (χ1v) is 9.52. The number of benzene rings is 1. The Morgan fingerprint density at radius 2 is 1.82 bits per heavy atom. The third-order valence-electron chi connectivity index (χ3n) is 5.93. The van der Waals surface area contributed by atoms with Crippen molar-refractivity contribution in [2.75, 3.05) is 32.8 Å². The molecule has 3 aliphatic heterocycles. The van der Waals surface area contributed by atoms with Gasteiger partial charge < -0.3 is 15.0 Å². The maximum Gasteiger partial charge on any atom is 0.437 e. The minimum Gasteiger partial charge on any atom is -0.358 e. The number of hydrogen-bond donors (Lipinski definition) is 1. The average molecular weight is 396 g/mol. The molecule has 9 heteroatoms. The maximum atomic E-state index is 13.0. The SMILES string of the molecule is O=C(COC1(c2ccccc2)CNC1)N1CCC(CC2(C(F)(F)F)N=N2)CC1. The molecule has 0 saturated carbocycles. The van der Waals surface area contributed by atoms with Crippen LogP contribution in [-0.2, 0) is 15.1 Å². The van der Waals surface area contributed by atoms with Gasteiger partial charge in [-0.15, -0.1) is 10.2 Å². The van der Waals surface area contributed by atoms with Crippen molar-refractivity contribution >= 4 is 5.91 Å². The fraction of sp³-hybridized carbons (Fsp3) is 0.632. The largest absolute Gasteiger partial charge is 0.437 e. The number of alkyl halides is 3. The van der Waals surface area contributed by atoms with Crippen molar-refractivity contribution in [2.45, 2.75) is 36.7 Å². The summed E-state index contributed by atoms with van der Waals surface area (Å²) < 4.78 is 44.9. The van der Waals surface area contributed by atoms with Crippen LogP contribution < -0.4 is 5.32 Å². The molecule has 1 aromatic rings. The van der Waals surface area contributed by atoms with E-state index >= 15 is 0 Å². The van der Waals surface area contributed by atoms with Crippen LogP contribution in [0.3, 0.4) is 0 Å². The van der Waals surface area contributed by atoms with E-state index in [2.05, 4.69) is 15.5 Å². The molecular weight excluding hydrogens is 373 g/mol. The summed E-state index contributed by atoms with van der Waals surface area (Å²) in [6.45, 7) is 2.16. The van der Waals surface area contributed by atoms with Gasteiger partial charge >= 0.3 is 6.18 Å². The van der Waals surface area contributed by atoms with Gasteiger partial charge in [0.15, 0.2) is 0 Å². The van der Waals surface area contributed by atoms with Crippen LogP contribution in [0.4, 0.5) is 13.2 Å². The average Bonchev–Trinajstić information content (AvgIpc) is 3.43. The minimum atomic E-state index is -4.42. The summed E-state index contributed by atoms with van der Waals surface area (Å²) in [6.07, 6.45) is -3.48. The fourth-order valence-corrected chi connectivity index (χ4v) is 3.93.